The molecular formula is C8H15N6O+. The van der Waals surface area contributed by atoms with Crippen LogP contribution in [-0.4, -0.2) is 9.67 Å². The molecule has 5 N–H and O–H groups in total. The summed E-state index contributed by atoms with van der Waals surface area (Å²) < 4.78 is 3.60. The van der Waals surface area contributed by atoms with E-state index in [1.807, 2.05) is 30.3 Å². The number of aliphatic hydroxyl groups is 1. The average molecular weight is 211 g/mol. The molecule has 0 aliphatic rings. The molecule has 0 aliphatic carbocycles. The molecule has 0 saturated heterocycles. The first-order chi connectivity index (χ1) is 7.03. The van der Waals surface area contributed by atoms with Gasteiger partial charge in [0.15, 0.2) is 18.6 Å². The van der Waals surface area contributed by atoms with Gasteiger partial charge in [-0.15, -0.1) is 0 Å². The fourth-order valence-electron chi connectivity index (χ4n) is 0.690. The average Bonchev–Trinajstić information content (AvgIpc) is 2.54. The van der Waals surface area contributed by atoms with Crippen molar-refractivity contribution in [3.63, 3.8) is 0 Å². The van der Waals surface area contributed by atoms with Crippen molar-refractivity contribution >= 4 is 0 Å². The van der Waals surface area contributed by atoms with Crippen molar-refractivity contribution in [1.29, 1.82) is 10.5 Å². The monoisotopic (exact) mass is 211 g/mol. The number of aryl methyl sites for hydroxylation is 1. The van der Waals surface area contributed by atoms with E-state index in [0.717, 1.165) is 0 Å². The van der Waals surface area contributed by atoms with Crippen molar-refractivity contribution in [2.75, 3.05) is 0 Å². The zero-order chi connectivity index (χ0) is 12.3. The van der Waals surface area contributed by atoms with Gasteiger partial charge in [-0.3, -0.25) is 0 Å². The highest BCUT2D eigenvalue weighted by Crippen LogP contribution is 1.85. The van der Waals surface area contributed by atoms with E-state index in [9.17, 15) is 0 Å². The van der Waals surface area contributed by atoms with Crippen LogP contribution in [0.5, 0.6) is 0 Å². The van der Waals surface area contributed by atoms with Gasteiger partial charge in [-0.25, -0.2) is 9.13 Å². The van der Waals surface area contributed by atoms with E-state index >= 15 is 0 Å². The topological polar surface area (TPSA) is 129 Å². The van der Waals surface area contributed by atoms with Crippen LogP contribution in [0.1, 0.15) is 13.2 Å². The Kier molecular flexibility index (Phi) is 9.99. The standard InChI is InChI=1S/C6H11N2O.2CH2N2/c1-6(9)8-4-3-7(2)5-8;2*2-1-3/h3-6,9H,1-2H3;2*2H2/q+1;;. The summed E-state index contributed by atoms with van der Waals surface area (Å²) in [4.78, 5) is 0. The van der Waals surface area contributed by atoms with E-state index in [-0.39, 0.29) is 0 Å². The maximum atomic E-state index is 8.99. The van der Waals surface area contributed by atoms with E-state index < -0.39 is 6.23 Å². The predicted octanol–water partition coefficient (Wildman–Crippen LogP) is -1.32. The molecule has 15 heavy (non-hydrogen) atoms. The number of nitrogens with two attached hydrogens (primary N) is 2. The van der Waals surface area contributed by atoms with Gasteiger partial charge in [0.05, 0.1) is 7.05 Å². The third kappa shape index (κ3) is 9.67. The first-order valence-corrected chi connectivity index (χ1v) is 3.93. The molecule has 0 fully saturated rings. The molecule has 0 aromatic carbocycles. The predicted molar refractivity (Wildman–Crippen MR) is 52.1 cm³/mol. The van der Waals surface area contributed by atoms with E-state index in [1.54, 1.807) is 11.5 Å². The van der Waals surface area contributed by atoms with Crippen LogP contribution < -0.4 is 16.0 Å². The lowest BCUT2D eigenvalue weighted by Gasteiger charge is -1.94. The Bertz CT molecular complexity index is 320. The number of aromatic nitrogens is 2. The summed E-state index contributed by atoms with van der Waals surface area (Å²) >= 11 is 0. The highest BCUT2D eigenvalue weighted by Gasteiger charge is 2.03. The third-order valence-electron chi connectivity index (χ3n) is 1.22. The maximum Gasteiger partial charge on any atom is 0.245 e. The fraction of sp³-hybridized carbons (Fsp3) is 0.375. The lowest BCUT2D eigenvalue weighted by molar-refractivity contribution is -0.755. The van der Waals surface area contributed by atoms with Crippen molar-refractivity contribution in [3.8, 4) is 12.4 Å². The second-order valence-electron chi connectivity index (χ2n) is 2.42. The molecule has 1 atom stereocenters. The van der Waals surface area contributed by atoms with E-state index in [4.69, 9.17) is 15.6 Å². The van der Waals surface area contributed by atoms with Gasteiger partial charge in [-0.05, 0) is 0 Å². The smallest absolute Gasteiger partial charge is 0.245 e. The van der Waals surface area contributed by atoms with Crippen LogP contribution in [0, 0.1) is 22.9 Å². The summed E-state index contributed by atoms with van der Waals surface area (Å²) in [5.74, 6) is 0. The van der Waals surface area contributed by atoms with Gasteiger partial charge in [0.25, 0.3) is 0 Å². The molecule has 0 amide bonds. The normalized spacial score (nSPS) is 9.13. The Morgan fingerprint density at radius 2 is 1.80 bits per heavy atom. The Morgan fingerprint density at radius 1 is 1.40 bits per heavy atom. The molecule has 82 valence electrons. The summed E-state index contributed by atoms with van der Waals surface area (Å²) in [5.41, 5.74) is 8.31. The van der Waals surface area contributed by atoms with E-state index in [1.165, 1.54) is 12.4 Å². The molecule has 1 heterocycles. The lowest BCUT2D eigenvalue weighted by Crippen LogP contribution is -2.34. The lowest BCUT2D eigenvalue weighted by atomic mass is 10.6. The number of aliphatic hydroxyl groups excluding tert-OH is 1. The van der Waals surface area contributed by atoms with Crippen LogP contribution >= 0.6 is 0 Å². The third-order valence-corrected chi connectivity index (χ3v) is 1.22. The van der Waals surface area contributed by atoms with Crippen LogP contribution in [-0.2, 0) is 7.05 Å². The molecule has 7 nitrogen and oxygen atoms in total. The molecule has 1 unspecified atom stereocenters. The van der Waals surface area contributed by atoms with Crippen molar-refractivity contribution in [2.24, 2.45) is 18.5 Å². The van der Waals surface area contributed by atoms with E-state index in [0.29, 0.717) is 0 Å². The highest BCUT2D eigenvalue weighted by atomic mass is 16.3. The summed E-state index contributed by atoms with van der Waals surface area (Å²) in [6, 6.07) is 0. The highest BCUT2D eigenvalue weighted by molar-refractivity contribution is 4.62. The first kappa shape index (κ1) is 15.2. The van der Waals surface area contributed by atoms with Gasteiger partial charge in [0.1, 0.15) is 12.4 Å². The second kappa shape index (κ2) is 9.84. The van der Waals surface area contributed by atoms with Gasteiger partial charge in [0.2, 0.25) is 6.33 Å². The van der Waals surface area contributed by atoms with Crippen LogP contribution in [0.2, 0.25) is 0 Å². The molecule has 0 radical (unpaired) electrons. The van der Waals surface area contributed by atoms with Gasteiger partial charge in [0, 0.05) is 6.92 Å². The molecule has 1 rings (SSSR count). The largest absolute Gasteiger partial charge is 0.355 e. The molecule has 1 aromatic rings. The van der Waals surface area contributed by atoms with Gasteiger partial charge in [-0.1, -0.05) is 0 Å². The number of hydrogen-bond donors (Lipinski definition) is 3. The van der Waals surface area contributed by atoms with Crippen molar-refractivity contribution in [3.05, 3.63) is 18.7 Å². The van der Waals surface area contributed by atoms with Gasteiger partial charge >= 0.3 is 0 Å². The summed E-state index contributed by atoms with van der Waals surface area (Å²) in [6.07, 6.45) is 7.60. The molecule has 0 aliphatic heterocycles. The van der Waals surface area contributed by atoms with Crippen molar-refractivity contribution < 1.29 is 9.67 Å². The zero-order valence-electron chi connectivity index (χ0n) is 8.70. The minimum atomic E-state index is -0.425. The molecular weight excluding hydrogens is 196 g/mol. The molecule has 0 bridgehead atoms. The summed E-state index contributed by atoms with van der Waals surface area (Å²) in [7, 11) is 1.92. The Hall–Kier alpha value is -2.25. The van der Waals surface area contributed by atoms with Gasteiger partial charge in [-0.2, -0.15) is 10.5 Å². The molecule has 7 heteroatoms. The molecule has 0 saturated carbocycles. The number of rotatable bonds is 1. The Morgan fingerprint density at radius 3 is 1.93 bits per heavy atom. The number of nitrogens with zero attached hydrogens (tertiary/aromatic N) is 4. The Balaban J connectivity index is 0. The van der Waals surface area contributed by atoms with Crippen LogP contribution in [0.25, 0.3) is 0 Å². The first-order valence-electron chi connectivity index (χ1n) is 3.93. The minimum absolute atomic E-state index is 0.425. The molecule has 1 aromatic heterocycles. The van der Waals surface area contributed by atoms with E-state index in [2.05, 4.69) is 11.5 Å². The maximum absolute atomic E-state index is 8.99. The number of nitriles is 2. The van der Waals surface area contributed by atoms with Crippen LogP contribution in [0.4, 0.5) is 0 Å². The summed E-state index contributed by atoms with van der Waals surface area (Å²) in [5, 5.41) is 23.2. The number of imidazole rings is 1. The van der Waals surface area contributed by atoms with Crippen molar-refractivity contribution in [2.45, 2.75) is 13.2 Å². The zero-order valence-corrected chi connectivity index (χ0v) is 8.70. The van der Waals surface area contributed by atoms with Crippen molar-refractivity contribution in [1.82, 2.24) is 4.57 Å². The fourth-order valence-corrected chi connectivity index (χ4v) is 0.690. The van der Waals surface area contributed by atoms with Crippen LogP contribution in [0.3, 0.4) is 0 Å². The van der Waals surface area contributed by atoms with Gasteiger partial charge < -0.3 is 16.6 Å². The SMILES string of the molecule is CC(O)[n+]1ccn(C)c1.N#CN.N#CN. The van der Waals surface area contributed by atoms with Crippen LogP contribution in [0.15, 0.2) is 18.7 Å². The summed E-state index contributed by atoms with van der Waals surface area (Å²) in [6.45, 7) is 1.72. The minimum Gasteiger partial charge on any atom is -0.355 e. The second-order valence-corrected chi connectivity index (χ2v) is 2.42. The quantitative estimate of drug-likeness (QED) is 0.301. The number of hydrogen-bond acceptors (Lipinski definition) is 5. The Labute approximate surface area is 88.4 Å². The molecule has 0 spiro atoms.